The molecular weight excluding hydrogens is 216 g/mol. The zero-order valence-electron chi connectivity index (χ0n) is 9.90. The van der Waals surface area contributed by atoms with Crippen LogP contribution in [0.4, 0.5) is 0 Å². The normalized spacial score (nSPS) is 29.1. The van der Waals surface area contributed by atoms with Gasteiger partial charge in [0.1, 0.15) is 5.75 Å². The molecule has 2 unspecified atom stereocenters. The van der Waals surface area contributed by atoms with Crippen LogP contribution in [0.15, 0.2) is 18.2 Å². The maximum Gasteiger partial charge on any atom is 0.309 e. The second-order valence-corrected chi connectivity index (χ2v) is 5.01. The monoisotopic (exact) mass is 232 g/mol. The predicted octanol–water partition coefficient (Wildman–Crippen LogP) is 2.16. The lowest BCUT2D eigenvalue weighted by atomic mass is 9.95. The topological polar surface area (TPSA) is 46.5 Å². The smallest absolute Gasteiger partial charge is 0.309 e. The molecule has 0 bridgehead atoms. The van der Waals surface area contributed by atoms with Crippen molar-refractivity contribution >= 4 is 5.97 Å². The summed E-state index contributed by atoms with van der Waals surface area (Å²) >= 11 is 0. The molecule has 1 aromatic rings. The SMILES string of the molecule is CCOC(=O)C1CC12CCc1cc(O)ccc12. The minimum absolute atomic E-state index is 0.0231. The highest BCUT2D eigenvalue weighted by Crippen LogP contribution is 2.62. The van der Waals surface area contributed by atoms with Crippen LogP contribution in [0, 0.1) is 5.92 Å². The molecule has 2 aliphatic carbocycles. The molecule has 0 heterocycles. The third kappa shape index (κ3) is 1.45. The number of ether oxygens (including phenoxy) is 1. The first-order valence-electron chi connectivity index (χ1n) is 6.16. The molecule has 17 heavy (non-hydrogen) atoms. The number of phenolic OH excluding ortho intramolecular Hbond substituents is 1. The lowest BCUT2D eigenvalue weighted by Gasteiger charge is -2.11. The van der Waals surface area contributed by atoms with Crippen LogP contribution in [-0.4, -0.2) is 17.7 Å². The molecule has 2 aliphatic rings. The molecule has 3 nitrogen and oxygen atoms in total. The van der Waals surface area contributed by atoms with Gasteiger partial charge in [-0.05, 0) is 49.4 Å². The summed E-state index contributed by atoms with van der Waals surface area (Å²) in [4.78, 5) is 11.8. The van der Waals surface area contributed by atoms with Crippen molar-refractivity contribution in [2.45, 2.75) is 31.6 Å². The number of rotatable bonds is 2. The first-order chi connectivity index (χ1) is 8.17. The standard InChI is InChI=1S/C14H16O3/c1-2-17-13(16)12-8-14(12)6-5-9-7-10(15)3-4-11(9)14/h3-4,7,12,15H,2,5-6,8H2,1H3. The zero-order valence-corrected chi connectivity index (χ0v) is 9.90. The van der Waals surface area contributed by atoms with Gasteiger partial charge in [-0.2, -0.15) is 0 Å². The molecule has 0 radical (unpaired) electrons. The molecule has 3 rings (SSSR count). The molecule has 0 saturated heterocycles. The number of fused-ring (bicyclic) bond motifs is 2. The summed E-state index contributed by atoms with van der Waals surface area (Å²) < 4.78 is 5.10. The Labute approximate surface area is 100 Å². The molecule has 1 fully saturated rings. The number of aryl methyl sites for hydroxylation is 1. The fourth-order valence-corrected chi connectivity index (χ4v) is 3.20. The Morgan fingerprint density at radius 1 is 1.59 bits per heavy atom. The summed E-state index contributed by atoms with van der Waals surface area (Å²) in [5.74, 6) is 0.288. The summed E-state index contributed by atoms with van der Waals surface area (Å²) in [6, 6.07) is 5.51. The van der Waals surface area contributed by atoms with Crippen LogP contribution in [0.25, 0.3) is 0 Å². The summed E-state index contributed by atoms with van der Waals surface area (Å²) in [7, 11) is 0. The van der Waals surface area contributed by atoms with Crippen LogP contribution in [0.1, 0.15) is 30.9 Å². The van der Waals surface area contributed by atoms with Gasteiger partial charge in [-0.25, -0.2) is 0 Å². The van der Waals surface area contributed by atoms with Crippen molar-refractivity contribution in [2.75, 3.05) is 6.61 Å². The second kappa shape index (κ2) is 3.49. The maximum absolute atomic E-state index is 11.8. The van der Waals surface area contributed by atoms with Gasteiger partial charge in [-0.1, -0.05) is 6.07 Å². The van der Waals surface area contributed by atoms with E-state index < -0.39 is 0 Å². The number of phenols is 1. The van der Waals surface area contributed by atoms with Gasteiger partial charge in [0, 0.05) is 5.41 Å². The minimum Gasteiger partial charge on any atom is -0.508 e. The van der Waals surface area contributed by atoms with Gasteiger partial charge in [0.15, 0.2) is 0 Å². The average molecular weight is 232 g/mol. The van der Waals surface area contributed by atoms with Crippen molar-refractivity contribution in [1.29, 1.82) is 0 Å². The van der Waals surface area contributed by atoms with Gasteiger partial charge >= 0.3 is 5.97 Å². The van der Waals surface area contributed by atoms with Crippen LogP contribution >= 0.6 is 0 Å². The van der Waals surface area contributed by atoms with Crippen molar-refractivity contribution in [1.82, 2.24) is 0 Å². The van der Waals surface area contributed by atoms with Gasteiger partial charge in [-0.15, -0.1) is 0 Å². The van der Waals surface area contributed by atoms with Crippen LogP contribution in [0.2, 0.25) is 0 Å². The van der Waals surface area contributed by atoms with Crippen molar-refractivity contribution in [3.8, 4) is 5.75 Å². The van der Waals surface area contributed by atoms with Gasteiger partial charge in [0.05, 0.1) is 12.5 Å². The largest absolute Gasteiger partial charge is 0.508 e. The fraction of sp³-hybridized carbons (Fsp3) is 0.500. The van der Waals surface area contributed by atoms with E-state index in [1.807, 2.05) is 19.1 Å². The van der Waals surface area contributed by atoms with Crippen molar-refractivity contribution < 1.29 is 14.6 Å². The zero-order chi connectivity index (χ0) is 12.0. The summed E-state index contributed by atoms with van der Waals surface area (Å²) in [5, 5.41) is 9.45. The van der Waals surface area contributed by atoms with Gasteiger partial charge in [-0.3, -0.25) is 4.79 Å². The highest BCUT2D eigenvalue weighted by molar-refractivity contribution is 5.80. The molecule has 1 aromatic carbocycles. The van der Waals surface area contributed by atoms with Crippen molar-refractivity contribution in [3.63, 3.8) is 0 Å². The second-order valence-electron chi connectivity index (χ2n) is 5.01. The Morgan fingerprint density at radius 3 is 3.18 bits per heavy atom. The van der Waals surface area contributed by atoms with Crippen LogP contribution in [0.3, 0.4) is 0 Å². The lowest BCUT2D eigenvalue weighted by Crippen LogP contribution is -2.15. The number of carbonyl (C=O) groups is 1. The van der Waals surface area contributed by atoms with E-state index in [0.717, 1.165) is 19.3 Å². The van der Waals surface area contributed by atoms with E-state index in [1.165, 1.54) is 11.1 Å². The van der Waals surface area contributed by atoms with E-state index in [-0.39, 0.29) is 17.3 Å². The highest BCUT2D eigenvalue weighted by atomic mass is 16.5. The van der Waals surface area contributed by atoms with Crippen LogP contribution in [-0.2, 0) is 21.4 Å². The van der Waals surface area contributed by atoms with Gasteiger partial charge < -0.3 is 9.84 Å². The number of hydrogen-bond acceptors (Lipinski definition) is 3. The average Bonchev–Trinajstić information content (AvgIpc) is 2.92. The van der Waals surface area contributed by atoms with Crippen molar-refractivity contribution in [3.05, 3.63) is 29.3 Å². The minimum atomic E-state index is -0.0616. The number of carbonyl (C=O) groups excluding carboxylic acids is 1. The van der Waals surface area contributed by atoms with Gasteiger partial charge in [0.25, 0.3) is 0 Å². The summed E-state index contributed by atoms with van der Waals surface area (Å²) in [6.07, 6.45) is 2.87. The summed E-state index contributed by atoms with van der Waals surface area (Å²) in [5.41, 5.74) is 2.46. The number of esters is 1. The number of aromatic hydroxyl groups is 1. The first-order valence-corrected chi connectivity index (χ1v) is 6.16. The Bertz CT molecular complexity index is 480. The molecule has 0 aromatic heterocycles. The number of benzene rings is 1. The highest BCUT2D eigenvalue weighted by Gasteiger charge is 2.62. The molecule has 0 amide bonds. The van der Waals surface area contributed by atoms with E-state index in [9.17, 15) is 9.90 Å². The molecular formula is C14H16O3. The Balaban J connectivity index is 1.88. The Morgan fingerprint density at radius 2 is 2.41 bits per heavy atom. The maximum atomic E-state index is 11.8. The molecule has 90 valence electrons. The molecule has 1 saturated carbocycles. The van der Waals surface area contributed by atoms with E-state index in [4.69, 9.17) is 4.74 Å². The molecule has 3 heteroatoms. The van der Waals surface area contributed by atoms with Crippen molar-refractivity contribution in [2.24, 2.45) is 5.92 Å². The summed E-state index contributed by atoms with van der Waals surface area (Å²) in [6.45, 7) is 2.29. The quantitative estimate of drug-likeness (QED) is 0.795. The van der Waals surface area contributed by atoms with Gasteiger partial charge in [0.2, 0.25) is 0 Å². The first kappa shape index (κ1) is 10.6. The Hall–Kier alpha value is -1.51. The fourth-order valence-electron chi connectivity index (χ4n) is 3.20. The van der Waals surface area contributed by atoms with E-state index >= 15 is 0 Å². The molecule has 0 aliphatic heterocycles. The molecule has 2 atom stereocenters. The van der Waals surface area contributed by atoms with E-state index in [1.54, 1.807) is 6.07 Å². The lowest BCUT2D eigenvalue weighted by molar-refractivity contribution is -0.145. The van der Waals surface area contributed by atoms with E-state index in [2.05, 4.69) is 0 Å². The third-order valence-electron chi connectivity index (χ3n) is 4.11. The van der Waals surface area contributed by atoms with Crippen LogP contribution in [0.5, 0.6) is 5.75 Å². The number of hydrogen-bond donors (Lipinski definition) is 1. The molecule has 1 N–H and O–H groups in total. The van der Waals surface area contributed by atoms with Crippen LogP contribution < -0.4 is 0 Å². The molecule has 1 spiro atoms. The Kier molecular flexibility index (Phi) is 2.18. The third-order valence-corrected chi connectivity index (χ3v) is 4.11. The predicted molar refractivity (Wildman–Crippen MR) is 62.8 cm³/mol. The van der Waals surface area contributed by atoms with E-state index in [0.29, 0.717) is 12.4 Å².